The van der Waals surface area contributed by atoms with Crippen molar-refractivity contribution in [1.82, 2.24) is 4.98 Å². The summed E-state index contributed by atoms with van der Waals surface area (Å²) in [6.07, 6.45) is 0. The van der Waals surface area contributed by atoms with Gasteiger partial charge >= 0.3 is 0 Å². The molecule has 0 aliphatic carbocycles. The normalized spacial score (nSPS) is 10.7. The number of carbonyl (C=O) groups is 1. The minimum absolute atomic E-state index is 0.251. The summed E-state index contributed by atoms with van der Waals surface area (Å²) in [7, 11) is 0. The Morgan fingerprint density at radius 3 is 2.58 bits per heavy atom. The summed E-state index contributed by atoms with van der Waals surface area (Å²) in [6.45, 7) is 1.92. The molecule has 0 saturated carbocycles. The zero-order valence-corrected chi connectivity index (χ0v) is 14.6. The van der Waals surface area contributed by atoms with Crippen molar-refractivity contribution in [2.45, 2.75) is 6.92 Å². The molecule has 3 rings (SSSR count). The molecule has 3 aromatic rings. The zero-order valence-electron chi connectivity index (χ0n) is 13.1. The van der Waals surface area contributed by atoms with Crippen LogP contribution in [-0.4, -0.2) is 20.7 Å². The van der Waals surface area contributed by atoms with Gasteiger partial charge in [-0.3, -0.25) is 30.3 Å². The number of rotatable bonds is 4. The van der Waals surface area contributed by atoms with E-state index < -0.39 is 32.2 Å². The molecule has 132 valence electrons. The van der Waals surface area contributed by atoms with Crippen molar-refractivity contribution in [1.29, 1.82) is 0 Å². The van der Waals surface area contributed by atoms with Crippen molar-refractivity contribution in [2.24, 2.45) is 0 Å². The Hall–Kier alpha value is -3.11. The third-order valence-corrected chi connectivity index (χ3v) is 4.79. The van der Waals surface area contributed by atoms with Crippen molar-refractivity contribution in [3.63, 3.8) is 0 Å². The van der Waals surface area contributed by atoms with Crippen LogP contribution in [0.25, 0.3) is 10.2 Å². The van der Waals surface area contributed by atoms with Gasteiger partial charge in [0.25, 0.3) is 17.3 Å². The number of benzene rings is 2. The number of hydrogen-bond donors (Lipinski definition) is 1. The standard InChI is InChI=1S/C15H9ClN4O5S/c1-7-2-3-10-12(4-7)26-15(17-10)18-14(21)9-5-8(19(22)23)6-11(13(9)16)20(24)25/h2-6H,1H3,(H,17,18,21). The summed E-state index contributed by atoms with van der Waals surface area (Å²) in [5.41, 5.74) is 0.00326. The number of anilines is 1. The molecule has 11 heteroatoms. The molecule has 0 aliphatic rings. The molecule has 0 atom stereocenters. The van der Waals surface area contributed by atoms with Crippen LogP contribution >= 0.6 is 22.9 Å². The van der Waals surface area contributed by atoms with Gasteiger partial charge < -0.3 is 0 Å². The number of nitrogens with zero attached hydrogens (tertiary/aromatic N) is 3. The maximum Gasteiger partial charge on any atom is 0.295 e. The lowest BCUT2D eigenvalue weighted by molar-refractivity contribution is -0.394. The van der Waals surface area contributed by atoms with Crippen molar-refractivity contribution >= 4 is 55.6 Å². The lowest BCUT2D eigenvalue weighted by Gasteiger charge is -2.05. The van der Waals surface area contributed by atoms with Crippen molar-refractivity contribution in [2.75, 3.05) is 5.32 Å². The number of nitro groups is 2. The molecule has 1 heterocycles. The lowest BCUT2D eigenvalue weighted by atomic mass is 10.1. The predicted octanol–water partition coefficient (Wildman–Crippen LogP) is 4.33. The Balaban J connectivity index is 2.00. The van der Waals surface area contributed by atoms with Crippen molar-refractivity contribution in [3.05, 3.63) is 66.7 Å². The van der Waals surface area contributed by atoms with Gasteiger partial charge in [0.1, 0.15) is 5.02 Å². The van der Waals surface area contributed by atoms with Crippen LogP contribution in [0.5, 0.6) is 0 Å². The SMILES string of the molecule is Cc1ccc2nc(NC(=O)c3cc([N+](=O)[O-])cc([N+](=O)[O-])c3Cl)sc2c1. The Kier molecular flexibility index (Phi) is 4.53. The van der Waals surface area contributed by atoms with Crippen LogP contribution in [0, 0.1) is 27.2 Å². The number of hydrogen-bond acceptors (Lipinski definition) is 7. The van der Waals surface area contributed by atoms with Gasteiger partial charge in [-0.25, -0.2) is 4.98 Å². The molecule has 1 amide bonds. The molecule has 0 spiro atoms. The molecule has 0 saturated heterocycles. The molecular weight excluding hydrogens is 384 g/mol. The van der Waals surface area contributed by atoms with Gasteiger partial charge in [-0.1, -0.05) is 29.0 Å². The molecule has 9 nitrogen and oxygen atoms in total. The number of aryl methyl sites for hydroxylation is 1. The van der Waals surface area contributed by atoms with Gasteiger partial charge in [-0.2, -0.15) is 0 Å². The molecule has 26 heavy (non-hydrogen) atoms. The summed E-state index contributed by atoms with van der Waals surface area (Å²) in [5.74, 6) is -0.822. The second-order valence-electron chi connectivity index (χ2n) is 5.28. The van der Waals surface area contributed by atoms with Gasteiger partial charge in [0.05, 0.1) is 31.7 Å². The second kappa shape index (κ2) is 6.65. The van der Waals surface area contributed by atoms with E-state index >= 15 is 0 Å². The summed E-state index contributed by atoms with van der Waals surface area (Å²) < 4.78 is 0.844. The first-order valence-electron chi connectivity index (χ1n) is 7.07. The first-order chi connectivity index (χ1) is 12.3. The highest BCUT2D eigenvalue weighted by Crippen LogP contribution is 2.34. The Morgan fingerprint density at radius 1 is 1.19 bits per heavy atom. The van der Waals surface area contributed by atoms with Crippen molar-refractivity contribution < 1.29 is 14.6 Å². The summed E-state index contributed by atoms with van der Waals surface area (Å²) in [4.78, 5) is 37.0. The average Bonchev–Trinajstić information content (AvgIpc) is 2.95. The summed E-state index contributed by atoms with van der Waals surface area (Å²) in [5, 5.41) is 24.3. The number of nitro benzene ring substituents is 2. The molecule has 0 fully saturated rings. The van der Waals surface area contributed by atoms with Crippen LogP contribution in [-0.2, 0) is 0 Å². The van der Waals surface area contributed by atoms with Crippen LogP contribution in [0.4, 0.5) is 16.5 Å². The molecule has 0 bridgehead atoms. The maximum atomic E-state index is 12.5. The monoisotopic (exact) mass is 392 g/mol. The number of aromatic nitrogens is 1. The van der Waals surface area contributed by atoms with Crippen LogP contribution < -0.4 is 5.32 Å². The Bertz CT molecular complexity index is 1080. The zero-order chi connectivity index (χ0) is 19.0. The van der Waals surface area contributed by atoms with E-state index in [2.05, 4.69) is 10.3 Å². The minimum Gasteiger partial charge on any atom is -0.298 e. The third kappa shape index (κ3) is 3.32. The number of amides is 1. The lowest BCUT2D eigenvalue weighted by Crippen LogP contribution is -2.13. The quantitative estimate of drug-likeness (QED) is 0.519. The van der Waals surface area contributed by atoms with E-state index in [4.69, 9.17) is 11.6 Å². The average molecular weight is 393 g/mol. The highest BCUT2D eigenvalue weighted by Gasteiger charge is 2.26. The number of thiazole rings is 1. The molecule has 0 aliphatic heterocycles. The first-order valence-corrected chi connectivity index (χ1v) is 8.26. The fraction of sp³-hybridized carbons (Fsp3) is 0.0667. The second-order valence-corrected chi connectivity index (χ2v) is 6.69. The van der Waals surface area contributed by atoms with E-state index in [0.29, 0.717) is 11.6 Å². The number of carbonyl (C=O) groups excluding carboxylic acids is 1. The van der Waals surface area contributed by atoms with E-state index in [0.717, 1.165) is 16.3 Å². The minimum atomic E-state index is -0.882. The summed E-state index contributed by atoms with van der Waals surface area (Å²) >= 11 is 7.11. The number of fused-ring (bicyclic) bond motifs is 1. The Morgan fingerprint density at radius 2 is 1.92 bits per heavy atom. The van der Waals surface area contributed by atoms with E-state index in [1.165, 1.54) is 11.3 Å². The number of halogens is 1. The molecule has 1 N–H and O–H groups in total. The molecule has 0 radical (unpaired) electrons. The molecular formula is C15H9ClN4O5S. The highest BCUT2D eigenvalue weighted by molar-refractivity contribution is 7.22. The van der Waals surface area contributed by atoms with Gasteiger partial charge in [0, 0.05) is 6.07 Å². The largest absolute Gasteiger partial charge is 0.298 e. The van der Waals surface area contributed by atoms with Gasteiger partial charge in [0.2, 0.25) is 0 Å². The van der Waals surface area contributed by atoms with Gasteiger partial charge in [-0.05, 0) is 24.6 Å². The number of non-ortho nitro benzene ring substituents is 1. The first kappa shape index (κ1) is 17.7. The molecule has 2 aromatic carbocycles. The fourth-order valence-electron chi connectivity index (χ4n) is 2.25. The van der Waals surface area contributed by atoms with Crippen LogP contribution in [0.1, 0.15) is 15.9 Å². The van der Waals surface area contributed by atoms with E-state index in [-0.39, 0.29) is 10.7 Å². The van der Waals surface area contributed by atoms with Crippen LogP contribution in [0.2, 0.25) is 5.02 Å². The molecule has 0 unspecified atom stereocenters. The molecule has 1 aromatic heterocycles. The van der Waals surface area contributed by atoms with Gasteiger partial charge in [0.15, 0.2) is 5.13 Å². The van der Waals surface area contributed by atoms with Gasteiger partial charge in [-0.15, -0.1) is 0 Å². The van der Waals surface area contributed by atoms with Crippen LogP contribution in [0.15, 0.2) is 30.3 Å². The Labute approximate surface area is 154 Å². The smallest absolute Gasteiger partial charge is 0.295 e. The topological polar surface area (TPSA) is 128 Å². The third-order valence-electron chi connectivity index (χ3n) is 3.45. The van der Waals surface area contributed by atoms with E-state index in [9.17, 15) is 25.0 Å². The summed E-state index contributed by atoms with van der Waals surface area (Å²) in [6, 6.07) is 7.16. The van der Waals surface area contributed by atoms with Crippen molar-refractivity contribution in [3.8, 4) is 0 Å². The van der Waals surface area contributed by atoms with E-state index in [1.54, 1.807) is 6.07 Å². The number of nitrogens with one attached hydrogen (secondary N) is 1. The van der Waals surface area contributed by atoms with E-state index in [1.807, 2.05) is 19.1 Å². The predicted molar refractivity (Wildman–Crippen MR) is 97.1 cm³/mol. The fourth-order valence-corrected chi connectivity index (χ4v) is 3.47. The van der Waals surface area contributed by atoms with Crippen LogP contribution in [0.3, 0.4) is 0 Å². The maximum absolute atomic E-state index is 12.5. The highest BCUT2D eigenvalue weighted by atomic mass is 35.5.